The quantitative estimate of drug-likeness (QED) is 0.714. The second-order valence-electron chi connectivity index (χ2n) is 6.01. The molecule has 106 valence electrons. The molecule has 0 aliphatic rings. The van der Waals surface area contributed by atoms with Gasteiger partial charge in [-0.2, -0.15) is 0 Å². The third-order valence-electron chi connectivity index (χ3n) is 3.22. The third kappa shape index (κ3) is 4.70. The number of carbonyl (C=O) groups excluding carboxylic acids is 1. The Morgan fingerprint density at radius 1 is 1.26 bits per heavy atom. The zero-order valence-electron chi connectivity index (χ0n) is 12.8. The number of esters is 1. The van der Waals surface area contributed by atoms with Gasteiger partial charge in [-0.25, -0.2) is 0 Å². The van der Waals surface area contributed by atoms with Crippen LogP contribution in [0.5, 0.6) is 0 Å². The van der Waals surface area contributed by atoms with Gasteiger partial charge in [-0.05, 0) is 29.4 Å². The highest BCUT2D eigenvalue weighted by molar-refractivity contribution is 5.69. The number of benzene rings is 1. The van der Waals surface area contributed by atoms with E-state index in [1.54, 1.807) is 0 Å². The first-order valence-electron chi connectivity index (χ1n) is 7.18. The third-order valence-corrected chi connectivity index (χ3v) is 3.22. The maximum Gasteiger partial charge on any atom is 0.306 e. The summed E-state index contributed by atoms with van der Waals surface area (Å²) in [5, 5.41) is 0. The molecule has 0 saturated carbocycles. The van der Waals surface area contributed by atoms with Crippen molar-refractivity contribution in [2.75, 3.05) is 0 Å². The van der Waals surface area contributed by atoms with Crippen LogP contribution in [-0.2, 0) is 14.9 Å². The minimum absolute atomic E-state index is 0.101. The SMILES string of the molecule is CCCC(=O)OC(CC)c1cccc(C(C)(C)C)c1. The van der Waals surface area contributed by atoms with E-state index in [0.717, 1.165) is 18.4 Å². The number of hydrogen-bond donors (Lipinski definition) is 0. The molecule has 0 spiro atoms. The van der Waals surface area contributed by atoms with Crippen LogP contribution >= 0.6 is 0 Å². The average Bonchev–Trinajstić information content (AvgIpc) is 2.35. The van der Waals surface area contributed by atoms with Crippen molar-refractivity contribution in [2.24, 2.45) is 0 Å². The summed E-state index contributed by atoms with van der Waals surface area (Å²) in [6.45, 7) is 10.6. The molecule has 0 fully saturated rings. The molecule has 0 aliphatic heterocycles. The topological polar surface area (TPSA) is 26.3 Å². The van der Waals surface area contributed by atoms with Crippen molar-refractivity contribution in [3.63, 3.8) is 0 Å². The van der Waals surface area contributed by atoms with Gasteiger partial charge in [0.05, 0.1) is 0 Å². The van der Waals surface area contributed by atoms with Gasteiger partial charge in [0.2, 0.25) is 0 Å². The number of carbonyl (C=O) groups is 1. The lowest BCUT2D eigenvalue weighted by Crippen LogP contribution is -2.14. The molecule has 1 atom stereocenters. The highest BCUT2D eigenvalue weighted by Gasteiger charge is 2.18. The van der Waals surface area contributed by atoms with Gasteiger partial charge in [0.1, 0.15) is 6.10 Å². The van der Waals surface area contributed by atoms with Crippen LogP contribution in [0, 0.1) is 0 Å². The van der Waals surface area contributed by atoms with Gasteiger partial charge in [-0.1, -0.05) is 58.9 Å². The molecule has 0 aromatic heterocycles. The van der Waals surface area contributed by atoms with E-state index in [1.807, 2.05) is 26.0 Å². The monoisotopic (exact) mass is 262 g/mol. The van der Waals surface area contributed by atoms with E-state index >= 15 is 0 Å². The van der Waals surface area contributed by atoms with Crippen LogP contribution in [-0.4, -0.2) is 5.97 Å². The highest BCUT2D eigenvalue weighted by atomic mass is 16.5. The van der Waals surface area contributed by atoms with E-state index < -0.39 is 0 Å². The van der Waals surface area contributed by atoms with Crippen molar-refractivity contribution in [3.8, 4) is 0 Å². The van der Waals surface area contributed by atoms with Crippen LogP contribution in [0.4, 0.5) is 0 Å². The molecule has 0 heterocycles. The van der Waals surface area contributed by atoms with Crippen molar-refractivity contribution in [1.82, 2.24) is 0 Å². The van der Waals surface area contributed by atoms with Gasteiger partial charge < -0.3 is 4.74 Å². The molecule has 2 heteroatoms. The fourth-order valence-corrected chi connectivity index (χ4v) is 2.01. The number of rotatable bonds is 5. The zero-order valence-corrected chi connectivity index (χ0v) is 12.8. The summed E-state index contributed by atoms with van der Waals surface area (Å²) in [7, 11) is 0. The molecule has 1 unspecified atom stereocenters. The van der Waals surface area contributed by atoms with Crippen molar-refractivity contribution < 1.29 is 9.53 Å². The lowest BCUT2D eigenvalue weighted by Gasteiger charge is -2.22. The fourth-order valence-electron chi connectivity index (χ4n) is 2.01. The van der Waals surface area contributed by atoms with Crippen LogP contribution in [0.3, 0.4) is 0 Å². The Morgan fingerprint density at radius 2 is 1.95 bits per heavy atom. The van der Waals surface area contributed by atoms with E-state index in [4.69, 9.17) is 4.74 Å². The maximum atomic E-state index is 11.6. The Morgan fingerprint density at radius 3 is 2.47 bits per heavy atom. The number of ether oxygens (including phenoxy) is 1. The normalized spacial score (nSPS) is 13.1. The predicted octanol–water partition coefficient (Wildman–Crippen LogP) is 4.78. The lowest BCUT2D eigenvalue weighted by molar-refractivity contribution is -0.149. The molecule has 1 aromatic rings. The molecule has 0 N–H and O–H groups in total. The lowest BCUT2D eigenvalue weighted by atomic mass is 9.85. The van der Waals surface area contributed by atoms with Crippen LogP contribution in [0.1, 0.15) is 71.1 Å². The molecule has 0 aliphatic carbocycles. The second-order valence-corrected chi connectivity index (χ2v) is 6.01. The van der Waals surface area contributed by atoms with Crippen molar-refractivity contribution in [2.45, 2.75) is 65.4 Å². The van der Waals surface area contributed by atoms with E-state index in [-0.39, 0.29) is 17.5 Å². The molecule has 0 bridgehead atoms. The van der Waals surface area contributed by atoms with Crippen molar-refractivity contribution in [3.05, 3.63) is 35.4 Å². The number of hydrogen-bond acceptors (Lipinski definition) is 2. The summed E-state index contributed by atoms with van der Waals surface area (Å²) in [6, 6.07) is 8.38. The second kappa shape index (κ2) is 6.74. The molecule has 0 saturated heterocycles. The largest absolute Gasteiger partial charge is 0.457 e. The first-order chi connectivity index (χ1) is 8.88. The molecule has 0 amide bonds. The molecule has 19 heavy (non-hydrogen) atoms. The zero-order chi connectivity index (χ0) is 14.5. The van der Waals surface area contributed by atoms with Gasteiger partial charge in [0.15, 0.2) is 0 Å². The maximum absolute atomic E-state index is 11.6. The Balaban J connectivity index is 2.90. The van der Waals surface area contributed by atoms with E-state index in [0.29, 0.717) is 6.42 Å². The van der Waals surface area contributed by atoms with Crippen LogP contribution < -0.4 is 0 Å². The first kappa shape index (κ1) is 15.7. The highest BCUT2D eigenvalue weighted by Crippen LogP contribution is 2.28. The van der Waals surface area contributed by atoms with Crippen molar-refractivity contribution >= 4 is 5.97 Å². The summed E-state index contributed by atoms with van der Waals surface area (Å²) in [4.78, 5) is 11.6. The Bertz CT molecular complexity index is 416. The minimum atomic E-state index is -0.124. The standard InChI is InChI=1S/C17H26O2/c1-6-9-16(18)19-15(7-2)13-10-8-11-14(12-13)17(3,4)5/h8,10-12,15H,6-7,9H2,1-5H3. The molecular formula is C17H26O2. The van der Waals surface area contributed by atoms with Crippen LogP contribution in [0.25, 0.3) is 0 Å². The van der Waals surface area contributed by atoms with Crippen LogP contribution in [0.15, 0.2) is 24.3 Å². The fraction of sp³-hybridized carbons (Fsp3) is 0.588. The Labute approximate surface area is 117 Å². The van der Waals surface area contributed by atoms with Gasteiger partial charge >= 0.3 is 5.97 Å². The molecule has 2 nitrogen and oxygen atoms in total. The Hall–Kier alpha value is -1.31. The van der Waals surface area contributed by atoms with Gasteiger partial charge in [-0.15, -0.1) is 0 Å². The smallest absolute Gasteiger partial charge is 0.306 e. The summed E-state index contributed by atoms with van der Waals surface area (Å²) in [6.07, 6.45) is 2.01. The molecule has 1 aromatic carbocycles. The molecular weight excluding hydrogens is 236 g/mol. The molecule has 0 radical (unpaired) electrons. The summed E-state index contributed by atoms with van der Waals surface area (Å²) in [5.74, 6) is -0.101. The average molecular weight is 262 g/mol. The van der Waals surface area contributed by atoms with Crippen LogP contribution in [0.2, 0.25) is 0 Å². The van der Waals surface area contributed by atoms with E-state index in [9.17, 15) is 4.79 Å². The van der Waals surface area contributed by atoms with Gasteiger partial charge in [-0.3, -0.25) is 4.79 Å². The minimum Gasteiger partial charge on any atom is -0.457 e. The van der Waals surface area contributed by atoms with E-state index in [2.05, 4.69) is 32.9 Å². The Kier molecular flexibility index (Phi) is 5.59. The molecule has 1 rings (SSSR count). The summed E-state index contributed by atoms with van der Waals surface area (Å²) < 4.78 is 5.55. The van der Waals surface area contributed by atoms with Gasteiger partial charge in [0, 0.05) is 6.42 Å². The first-order valence-corrected chi connectivity index (χ1v) is 7.18. The van der Waals surface area contributed by atoms with Gasteiger partial charge in [0.25, 0.3) is 0 Å². The predicted molar refractivity (Wildman–Crippen MR) is 79.2 cm³/mol. The summed E-state index contributed by atoms with van der Waals surface area (Å²) >= 11 is 0. The van der Waals surface area contributed by atoms with Crippen molar-refractivity contribution in [1.29, 1.82) is 0 Å². The summed E-state index contributed by atoms with van der Waals surface area (Å²) in [5.41, 5.74) is 2.48. The van der Waals surface area contributed by atoms with E-state index in [1.165, 1.54) is 5.56 Å².